The molecule has 7 heteroatoms. The van der Waals surface area contributed by atoms with Crippen LogP contribution in [0.25, 0.3) is 0 Å². The van der Waals surface area contributed by atoms with E-state index in [2.05, 4.69) is 24.5 Å². The lowest BCUT2D eigenvalue weighted by molar-refractivity contribution is -0.132. The summed E-state index contributed by atoms with van der Waals surface area (Å²) in [5, 5.41) is 7.02. The van der Waals surface area contributed by atoms with Crippen LogP contribution in [0.15, 0.2) is 18.2 Å². The largest absolute Gasteiger partial charge is 0.427 e. The minimum atomic E-state index is -0.536. The lowest BCUT2D eigenvalue weighted by Crippen LogP contribution is -2.63. The Morgan fingerprint density at radius 1 is 1.08 bits per heavy atom. The zero-order chi connectivity index (χ0) is 18.1. The number of thiocarbonyl (C=S) groups is 1. The van der Waals surface area contributed by atoms with Crippen molar-refractivity contribution in [1.82, 2.24) is 10.6 Å². The van der Waals surface area contributed by atoms with Crippen molar-refractivity contribution in [2.45, 2.75) is 52.1 Å². The summed E-state index contributed by atoms with van der Waals surface area (Å²) in [5.74, 6) is -0.223. The number of esters is 2. The Labute approximate surface area is 146 Å². The fourth-order valence-corrected chi connectivity index (χ4v) is 3.65. The van der Waals surface area contributed by atoms with Gasteiger partial charge in [0.2, 0.25) is 0 Å². The second kappa shape index (κ2) is 6.39. The Morgan fingerprint density at radius 3 is 2.25 bits per heavy atom. The lowest BCUT2D eigenvalue weighted by atomic mass is 9.78. The van der Waals surface area contributed by atoms with Crippen LogP contribution in [0, 0.1) is 0 Å². The number of carbonyl (C=O) groups is 2. The van der Waals surface area contributed by atoms with Gasteiger partial charge in [0.15, 0.2) is 5.11 Å². The molecule has 0 radical (unpaired) electrons. The Kier molecular flexibility index (Phi) is 4.85. The van der Waals surface area contributed by atoms with Crippen molar-refractivity contribution in [1.29, 1.82) is 0 Å². The van der Waals surface area contributed by atoms with Crippen LogP contribution >= 0.6 is 12.2 Å². The van der Waals surface area contributed by atoms with Gasteiger partial charge in [-0.05, 0) is 51.5 Å². The van der Waals surface area contributed by atoms with E-state index in [1.165, 1.54) is 13.8 Å². The molecule has 1 aromatic carbocycles. The molecule has 1 heterocycles. The van der Waals surface area contributed by atoms with Gasteiger partial charge in [0.05, 0.1) is 5.54 Å². The van der Waals surface area contributed by atoms with Crippen LogP contribution in [0.5, 0.6) is 11.5 Å². The van der Waals surface area contributed by atoms with Crippen molar-refractivity contribution >= 4 is 29.3 Å². The molecule has 1 aromatic rings. The van der Waals surface area contributed by atoms with Crippen molar-refractivity contribution in [2.75, 3.05) is 0 Å². The number of nitrogens with one attached hydrogen (secondary N) is 2. The van der Waals surface area contributed by atoms with Gasteiger partial charge in [-0.3, -0.25) is 9.59 Å². The van der Waals surface area contributed by atoms with Gasteiger partial charge in [-0.2, -0.15) is 0 Å². The molecule has 2 rings (SSSR count). The van der Waals surface area contributed by atoms with E-state index in [-0.39, 0.29) is 5.54 Å². The van der Waals surface area contributed by atoms with Crippen LogP contribution in [0.2, 0.25) is 0 Å². The topological polar surface area (TPSA) is 76.7 Å². The molecule has 2 N–H and O–H groups in total. The molecule has 0 saturated carbocycles. The molecule has 0 aliphatic carbocycles. The Balaban J connectivity index is 2.49. The minimum absolute atomic E-state index is 0.223. The fraction of sp³-hybridized carbons (Fsp3) is 0.471. The van der Waals surface area contributed by atoms with Crippen molar-refractivity contribution in [3.05, 3.63) is 23.8 Å². The molecule has 0 spiro atoms. The normalized spacial score (nSPS) is 22.1. The minimum Gasteiger partial charge on any atom is -0.427 e. The molecule has 1 aliphatic heterocycles. The van der Waals surface area contributed by atoms with Crippen LogP contribution in [0.1, 0.15) is 46.6 Å². The van der Waals surface area contributed by atoms with E-state index in [0.29, 0.717) is 23.0 Å². The van der Waals surface area contributed by atoms with Gasteiger partial charge in [-0.15, -0.1) is 0 Å². The van der Waals surface area contributed by atoms with Gasteiger partial charge in [0.25, 0.3) is 0 Å². The predicted octanol–water partition coefficient (Wildman–Crippen LogP) is 2.40. The van der Waals surface area contributed by atoms with Crippen LogP contribution < -0.4 is 20.1 Å². The van der Waals surface area contributed by atoms with E-state index in [4.69, 9.17) is 21.7 Å². The molecule has 1 unspecified atom stereocenters. The van der Waals surface area contributed by atoms with Crippen molar-refractivity contribution in [3.63, 3.8) is 0 Å². The summed E-state index contributed by atoms with van der Waals surface area (Å²) < 4.78 is 10.4. The summed E-state index contributed by atoms with van der Waals surface area (Å²) in [6, 6.07) is 5.01. The number of ether oxygens (including phenoxy) is 2. The highest BCUT2D eigenvalue weighted by molar-refractivity contribution is 7.80. The summed E-state index contributed by atoms with van der Waals surface area (Å²) >= 11 is 5.32. The third kappa shape index (κ3) is 4.23. The van der Waals surface area contributed by atoms with Crippen LogP contribution in [0.4, 0.5) is 0 Å². The van der Waals surface area contributed by atoms with Gasteiger partial charge in [0.1, 0.15) is 11.5 Å². The number of hydrogen-bond acceptors (Lipinski definition) is 5. The Hall–Kier alpha value is -2.15. The molecule has 6 nitrogen and oxygen atoms in total. The SMILES string of the molecule is CC(=O)Oc1ccc(C2(C)CC(C)(C)NC(=S)N2)c(OC(C)=O)c1. The van der Waals surface area contributed by atoms with Crippen LogP contribution in [0.3, 0.4) is 0 Å². The first-order valence-corrected chi connectivity index (χ1v) is 8.03. The van der Waals surface area contributed by atoms with E-state index >= 15 is 0 Å². The summed E-state index contributed by atoms with van der Waals surface area (Å²) in [7, 11) is 0. The molecule has 0 aromatic heterocycles. The molecule has 130 valence electrons. The highest BCUT2D eigenvalue weighted by Crippen LogP contribution is 2.39. The van der Waals surface area contributed by atoms with Crippen LogP contribution in [-0.4, -0.2) is 22.6 Å². The molecular weight excluding hydrogens is 328 g/mol. The average Bonchev–Trinajstić information content (AvgIpc) is 2.33. The molecule has 1 atom stereocenters. The first kappa shape index (κ1) is 18.2. The van der Waals surface area contributed by atoms with Crippen molar-refractivity contribution in [3.8, 4) is 11.5 Å². The number of hydrogen-bond donors (Lipinski definition) is 2. The monoisotopic (exact) mass is 350 g/mol. The molecule has 1 saturated heterocycles. The number of carbonyl (C=O) groups excluding carboxylic acids is 2. The molecule has 24 heavy (non-hydrogen) atoms. The lowest BCUT2D eigenvalue weighted by Gasteiger charge is -2.46. The number of rotatable bonds is 3. The maximum absolute atomic E-state index is 11.5. The van der Waals surface area contributed by atoms with Gasteiger partial charge >= 0.3 is 11.9 Å². The predicted molar refractivity (Wildman–Crippen MR) is 94.0 cm³/mol. The fourth-order valence-electron chi connectivity index (χ4n) is 3.15. The van der Waals surface area contributed by atoms with Gasteiger partial charge in [-0.1, -0.05) is 0 Å². The molecule has 1 aliphatic rings. The zero-order valence-electron chi connectivity index (χ0n) is 14.5. The highest BCUT2D eigenvalue weighted by Gasteiger charge is 2.41. The summed E-state index contributed by atoms with van der Waals surface area (Å²) in [6.45, 7) is 8.75. The average molecular weight is 350 g/mol. The maximum atomic E-state index is 11.5. The van der Waals surface area contributed by atoms with E-state index in [0.717, 1.165) is 5.56 Å². The molecular formula is C17H22N2O4S. The third-order valence-electron chi connectivity index (χ3n) is 3.70. The van der Waals surface area contributed by atoms with Gasteiger partial charge in [-0.25, -0.2) is 0 Å². The first-order chi connectivity index (χ1) is 11.0. The summed E-state index contributed by atoms with van der Waals surface area (Å²) in [6.07, 6.45) is 0.710. The summed E-state index contributed by atoms with van der Waals surface area (Å²) in [4.78, 5) is 22.6. The summed E-state index contributed by atoms with van der Waals surface area (Å²) in [5.41, 5.74) is 0.00958. The van der Waals surface area contributed by atoms with E-state index in [9.17, 15) is 9.59 Å². The smallest absolute Gasteiger partial charge is 0.308 e. The zero-order valence-corrected chi connectivity index (χ0v) is 15.3. The van der Waals surface area contributed by atoms with Gasteiger partial charge in [0, 0.05) is 31.0 Å². The standard InChI is InChI=1S/C17H22N2O4S/c1-10(20)22-12-6-7-13(14(8-12)23-11(2)21)17(5)9-16(3,4)18-15(24)19-17/h6-8H,9H2,1-5H3,(H2,18,19,24). The third-order valence-corrected chi connectivity index (χ3v) is 3.90. The quantitative estimate of drug-likeness (QED) is 0.492. The van der Waals surface area contributed by atoms with Gasteiger partial charge < -0.3 is 20.1 Å². The van der Waals surface area contributed by atoms with E-state index in [1.54, 1.807) is 18.2 Å². The Bertz CT molecular complexity index is 702. The Morgan fingerprint density at radius 2 is 1.71 bits per heavy atom. The maximum Gasteiger partial charge on any atom is 0.308 e. The number of benzene rings is 1. The highest BCUT2D eigenvalue weighted by atomic mass is 32.1. The van der Waals surface area contributed by atoms with E-state index in [1.807, 2.05) is 6.92 Å². The molecule has 0 amide bonds. The van der Waals surface area contributed by atoms with Crippen molar-refractivity contribution in [2.24, 2.45) is 0 Å². The molecule has 1 fully saturated rings. The van der Waals surface area contributed by atoms with Crippen LogP contribution in [-0.2, 0) is 15.1 Å². The molecule has 0 bridgehead atoms. The van der Waals surface area contributed by atoms with Crippen molar-refractivity contribution < 1.29 is 19.1 Å². The second-order valence-electron chi connectivity index (χ2n) is 6.82. The van der Waals surface area contributed by atoms with E-state index < -0.39 is 17.5 Å². The first-order valence-electron chi connectivity index (χ1n) is 7.62. The second-order valence-corrected chi connectivity index (χ2v) is 7.23.